The molecule has 0 aliphatic carbocycles. The van der Waals surface area contributed by atoms with E-state index < -0.39 is 0 Å². The molecule has 3 aromatic rings. The van der Waals surface area contributed by atoms with Crippen LogP contribution in [0.2, 0.25) is 5.02 Å². The number of carbonyl (C=O) groups excluding carboxylic acids is 1. The minimum Gasteiger partial charge on any atom is -0.326 e. The van der Waals surface area contributed by atoms with E-state index in [-0.39, 0.29) is 18.3 Å². The molecule has 0 bridgehead atoms. The van der Waals surface area contributed by atoms with Crippen LogP contribution >= 0.6 is 35.3 Å². The molecule has 0 unspecified atom stereocenters. The van der Waals surface area contributed by atoms with Crippen LogP contribution in [0.3, 0.4) is 0 Å². The SMILES string of the molecule is Cl.NCc1cccc(C(=O)Nc2nc(-c3ccc(Cl)cc3)cs2)c1. The zero-order valence-corrected chi connectivity index (χ0v) is 14.9. The van der Waals surface area contributed by atoms with Gasteiger partial charge in [0.2, 0.25) is 0 Å². The zero-order chi connectivity index (χ0) is 16.2. The number of aromatic nitrogens is 1. The van der Waals surface area contributed by atoms with Crippen LogP contribution < -0.4 is 11.1 Å². The Kier molecular flexibility index (Phi) is 6.34. The van der Waals surface area contributed by atoms with Gasteiger partial charge in [-0.05, 0) is 29.8 Å². The van der Waals surface area contributed by atoms with Gasteiger partial charge >= 0.3 is 0 Å². The van der Waals surface area contributed by atoms with E-state index in [1.54, 1.807) is 12.1 Å². The third-order valence-electron chi connectivity index (χ3n) is 3.29. The lowest BCUT2D eigenvalue weighted by atomic mass is 10.1. The van der Waals surface area contributed by atoms with Crippen LogP contribution in [0.4, 0.5) is 5.13 Å². The second kappa shape index (κ2) is 8.26. The van der Waals surface area contributed by atoms with Gasteiger partial charge in [0.15, 0.2) is 5.13 Å². The first-order valence-corrected chi connectivity index (χ1v) is 8.23. The molecule has 1 aromatic heterocycles. The molecule has 3 rings (SSSR count). The Balaban J connectivity index is 0.00000208. The van der Waals surface area contributed by atoms with E-state index in [0.717, 1.165) is 16.8 Å². The van der Waals surface area contributed by atoms with E-state index in [1.165, 1.54) is 11.3 Å². The quantitative estimate of drug-likeness (QED) is 0.695. The Hall–Kier alpha value is -1.92. The van der Waals surface area contributed by atoms with Crippen molar-refractivity contribution in [2.45, 2.75) is 6.54 Å². The van der Waals surface area contributed by atoms with Crippen molar-refractivity contribution < 1.29 is 4.79 Å². The molecule has 0 aliphatic heterocycles. The fourth-order valence-corrected chi connectivity index (χ4v) is 2.93. The molecule has 0 fully saturated rings. The van der Waals surface area contributed by atoms with Crippen LogP contribution in [0.1, 0.15) is 15.9 Å². The number of nitrogens with zero attached hydrogens (tertiary/aromatic N) is 1. The highest BCUT2D eigenvalue weighted by atomic mass is 35.5. The molecular formula is C17H15Cl2N3OS. The zero-order valence-electron chi connectivity index (χ0n) is 12.5. The lowest BCUT2D eigenvalue weighted by molar-refractivity contribution is 0.102. The number of carbonyl (C=O) groups is 1. The first-order chi connectivity index (χ1) is 11.2. The highest BCUT2D eigenvalue weighted by molar-refractivity contribution is 7.14. The molecular weight excluding hydrogens is 365 g/mol. The van der Waals surface area contributed by atoms with Gasteiger partial charge in [0.25, 0.3) is 5.91 Å². The largest absolute Gasteiger partial charge is 0.326 e. The molecule has 0 radical (unpaired) electrons. The highest BCUT2D eigenvalue weighted by Crippen LogP contribution is 2.26. The van der Waals surface area contributed by atoms with E-state index in [0.29, 0.717) is 22.3 Å². The molecule has 0 saturated carbocycles. The second-order valence-electron chi connectivity index (χ2n) is 4.90. The summed E-state index contributed by atoms with van der Waals surface area (Å²) in [6.07, 6.45) is 0. The predicted octanol–water partition coefficient (Wildman–Crippen LogP) is 4.60. The lowest BCUT2D eigenvalue weighted by Crippen LogP contribution is -2.12. The van der Waals surface area contributed by atoms with E-state index >= 15 is 0 Å². The average molecular weight is 380 g/mol. The van der Waals surface area contributed by atoms with Crippen molar-refractivity contribution in [2.75, 3.05) is 5.32 Å². The number of nitrogens with two attached hydrogens (primary N) is 1. The van der Waals surface area contributed by atoms with Gasteiger partial charge in [0.05, 0.1) is 5.69 Å². The summed E-state index contributed by atoms with van der Waals surface area (Å²) in [5.41, 5.74) is 8.84. The lowest BCUT2D eigenvalue weighted by Gasteiger charge is -2.03. The number of rotatable bonds is 4. The first-order valence-electron chi connectivity index (χ1n) is 6.97. The van der Waals surface area contributed by atoms with Crippen molar-refractivity contribution in [3.8, 4) is 11.3 Å². The number of benzene rings is 2. The molecule has 7 heteroatoms. The molecule has 1 amide bonds. The monoisotopic (exact) mass is 379 g/mol. The number of halogens is 2. The third kappa shape index (κ3) is 4.33. The molecule has 2 aromatic carbocycles. The van der Waals surface area contributed by atoms with Crippen LogP contribution in [-0.4, -0.2) is 10.9 Å². The van der Waals surface area contributed by atoms with Crippen LogP contribution in [-0.2, 0) is 6.54 Å². The van der Waals surface area contributed by atoms with Crippen molar-refractivity contribution in [1.29, 1.82) is 0 Å². The van der Waals surface area contributed by atoms with Gasteiger partial charge in [-0.25, -0.2) is 4.98 Å². The minimum absolute atomic E-state index is 0. The van der Waals surface area contributed by atoms with Crippen molar-refractivity contribution >= 4 is 46.4 Å². The Morgan fingerprint density at radius 1 is 1.21 bits per heavy atom. The van der Waals surface area contributed by atoms with Crippen LogP contribution in [0.5, 0.6) is 0 Å². The summed E-state index contributed by atoms with van der Waals surface area (Å²) >= 11 is 7.26. The van der Waals surface area contributed by atoms with Gasteiger partial charge in [0, 0.05) is 28.1 Å². The third-order valence-corrected chi connectivity index (χ3v) is 4.30. The minimum atomic E-state index is -0.197. The molecule has 0 saturated heterocycles. The molecule has 124 valence electrons. The summed E-state index contributed by atoms with van der Waals surface area (Å²) in [6, 6.07) is 14.7. The smallest absolute Gasteiger partial charge is 0.257 e. The van der Waals surface area contributed by atoms with Gasteiger partial charge < -0.3 is 5.73 Å². The summed E-state index contributed by atoms with van der Waals surface area (Å²) in [6.45, 7) is 0.402. The number of nitrogens with one attached hydrogen (secondary N) is 1. The molecule has 24 heavy (non-hydrogen) atoms. The summed E-state index contributed by atoms with van der Waals surface area (Å²) in [4.78, 5) is 16.7. The second-order valence-corrected chi connectivity index (χ2v) is 6.20. The molecule has 4 nitrogen and oxygen atoms in total. The average Bonchev–Trinajstić information content (AvgIpc) is 3.04. The summed E-state index contributed by atoms with van der Waals surface area (Å²) in [5, 5.41) is 5.94. The Morgan fingerprint density at radius 2 is 1.96 bits per heavy atom. The van der Waals surface area contributed by atoms with Crippen molar-refractivity contribution in [2.24, 2.45) is 5.73 Å². The fraction of sp³-hybridized carbons (Fsp3) is 0.0588. The van der Waals surface area contributed by atoms with Gasteiger partial charge in [0.1, 0.15) is 0 Å². The highest BCUT2D eigenvalue weighted by Gasteiger charge is 2.10. The van der Waals surface area contributed by atoms with Crippen LogP contribution in [0, 0.1) is 0 Å². The number of hydrogen-bond acceptors (Lipinski definition) is 4. The number of hydrogen-bond donors (Lipinski definition) is 2. The number of amides is 1. The summed E-state index contributed by atoms with van der Waals surface area (Å²) < 4.78 is 0. The van der Waals surface area contributed by atoms with E-state index in [4.69, 9.17) is 17.3 Å². The van der Waals surface area contributed by atoms with Crippen molar-refractivity contribution in [3.05, 3.63) is 70.1 Å². The molecule has 0 atom stereocenters. The Morgan fingerprint density at radius 3 is 2.67 bits per heavy atom. The topological polar surface area (TPSA) is 68.0 Å². The van der Waals surface area contributed by atoms with E-state index in [9.17, 15) is 4.79 Å². The standard InChI is InChI=1S/C17H14ClN3OS.ClH/c18-14-6-4-12(5-7-14)15-10-23-17(20-15)21-16(22)13-3-1-2-11(8-13)9-19;/h1-8,10H,9,19H2,(H,20,21,22);1H. The van der Waals surface area contributed by atoms with Crippen molar-refractivity contribution in [1.82, 2.24) is 4.98 Å². The van der Waals surface area contributed by atoms with Gasteiger partial charge in [-0.3, -0.25) is 10.1 Å². The van der Waals surface area contributed by atoms with Crippen LogP contribution in [0.15, 0.2) is 53.9 Å². The van der Waals surface area contributed by atoms with Crippen LogP contribution in [0.25, 0.3) is 11.3 Å². The molecule has 3 N–H and O–H groups in total. The molecule has 1 heterocycles. The molecule has 0 spiro atoms. The van der Waals surface area contributed by atoms with E-state index in [1.807, 2.05) is 41.8 Å². The van der Waals surface area contributed by atoms with Gasteiger partial charge in [-0.15, -0.1) is 23.7 Å². The first kappa shape index (κ1) is 18.4. The number of thiazole rings is 1. The fourth-order valence-electron chi connectivity index (χ4n) is 2.09. The summed E-state index contributed by atoms with van der Waals surface area (Å²) in [7, 11) is 0. The number of anilines is 1. The maximum Gasteiger partial charge on any atom is 0.257 e. The Bertz CT molecular complexity index is 834. The Labute approximate surface area is 155 Å². The van der Waals surface area contributed by atoms with Crippen molar-refractivity contribution in [3.63, 3.8) is 0 Å². The maximum atomic E-state index is 12.3. The van der Waals surface area contributed by atoms with E-state index in [2.05, 4.69) is 10.3 Å². The normalized spacial score (nSPS) is 10.1. The van der Waals surface area contributed by atoms with Gasteiger partial charge in [-0.1, -0.05) is 35.9 Å². The predicted molar refractivity (Wildman–Crippen MR) is 102 cm³/mol. The maximum absolute atomic E-state index is 12.3. The summed E-state index contributed by atoms with van der Waals surface area (Å²) in [5.74, 6) is -0.197. The van der Waals surface area contributed by atoms with Gasteiger partial charge in [-0.2, -0.15) is 0 Å². The molecule has 0 aliphatic rings.